The van der Waals surface area contributed by atoms with Crippen LogP contribution in [0.2, 0.25) is 0 Å². The van der Waals surface area contributed by atoms with Crippen molar-refractivity contribution < 1.29 is 14.3 Å². The molecule has 1 saturated heterocycles. The molecule has 4 rings (SSSR count). The first-order valence-corrected chi connectivity index (χ1v) is 10.6. The summed E-state index contributed by atoms with van der Waals surface area (Å²) in [5.74, 6) is 0.427. The van der Waals surface area contributed by atoms with Crippen LogP contribution < -0.4 is 4.74 Å². The lowest BCUT2D eigenvalue weighted by Gasteiger charge is -2.12. The van der Waals surface area contributed by atoms with Crippen LogP contribution in [0.5, 0.6) is 5.75 Å². The molecule has 0 radical (unpaired) electrons. The first-order chi connectivity index (χ1) is 14.7. The van der Waals surface area contributed by atoms with Crippen molar-refractivity contribution in [2.75, 3.05) is 6.54 Å². The molecule has 1 fully saturated rings. The van der Waals surface area contributed by atoms with Gasteiger partial charge in [-0.1, -0.05) is 78.9 Å². The molecule has 0 atom stereocenters. The van der Waals surface area contributed by atoms with Gasteiger partial charge in [0.05, 0.1) is 4.91 Å². The van der Waals surface area contributed by atoms with Crippen molar-refractivity contribution in [1.82, 2.24) is 4.90 Å². The van der Waals surface area contributed by atoms with Crippen LogP contribution in [0.25, 0.3) is 6.08 Å². The summed E-state index contributed by atoms with van der Waals surface area (Å²) in [4.78, 5) is 26.9. The molecule has 1 aliphatic rings. The van der Waals surface area contributed by atoms with Gasteiger partial charge in [0.25, 0.3) is 11.1 Å². The summed E-state index contributed by atoms with van der Waals surface area (Å²) in [6, 6.07) is 27.3. The zero-order valence-electron chi connectivity index (χ0n) is 16.4. The Morgan fingerprint density at radius 1 is 0.800 bits per heavy atom. The van der Waals surface area contributed by atoms with Crippen molar-refractivity contribution in [3.05, 3.63) is 107 Å². The van der Waals surface area contributed by atoms with Crippen LogP contribution in [0, 0.1) is 0 Å². The van der Waals surface area contributed by atoms with Gasteiger partial charge in [-0.05, 0) is 41.5 Å². The van der Waals surface area contributed by atoms with E-state index in [1.165, 1.54) is 4.90 Å². The summed E-state index contributed by atoms with van der Waals surface area (Å²) >= 11 is 0.978. The second-order valence-electron chi connectivity index (χ2n) is 6.88. The molecule has 0 N–H and O–H groups in total. The van der Waals surface area contributed by atoms with E-state index in [1.807, 2.05) is 84.9 Å². The van der Waals surface area contributed by atoms with E-state index in [-0.39, 0.29) is 11.1 Å². The van der Waals surface area contributed by atoms with Gasteiger partial charge in [-0.2, -0.15) is 0 Å². The van der Waals surface area contributed by atoms with Gasteiger partial charge < -0.3 is 4.74 Å². The van der Waals surface area contributed by atoms with Crippen LogP contribution in [0.3, 0.4) is 0 Å². The summed E-state index contributed by atoms with van der Waals surface area (Å²) in [7, 11) is 0. The fourth-order valence-corrected chi connectivity index (χ4v) is 4.04. The van der Waals surface area contributed by atoms with Crippen LogP contribution in [0.1, 0.15) is 16.7 Å². The molecular weight excluding hydrogens is 394 g/mol. The molecule has 0 saturated carbocycles. The maximum absolute atomic E-state index is 12.8. The lowest BCUT2D eigenvalue weighted by atomic mass is 10.1. The molecule has 30 heavy (non-hydrogen) atoms. The Bertz CT molecular complexity index is 1060. The van der Waals surface area contributed by atoms with E-state index in [9.17, 15) is 9.59 Å². The van der Waals surface area contributed by atoms with Crippen molar-refractivity contribution in [2.45, 2.75) is 13.0 Å². The zero-order chi connectivity index (χ0) is 20.8. The van der Waals surface area contributed by atoms with Gasteiger partial charge in [0.15, 0.2) is 0 Å². The summed E-state index contributed by atoms with van der Waals surface area (Å²) in [5.41, 5.74) is 2.94. The average Bonchev–Trinajstić information content (AvgIpc) is 3.05. The first kappa shape index (κ1) is 20.0. The van der Waals surface area contributed by atoms with Crippen molar-refractivity contribution in [1.29, 1.82) is 0 Å². The maximum Gasteiger partial charge on any atom is 0.293 e. The van der Waals surface area contributed by atoms with E-state index in [0.29, 0.717) is 30.2 Å². The fraction of sp³-hybridized carbons (Fsp3) is 0.120. The molecule has 0 aliphatic carbocycles. The SMILES string of the molecule is O=C1S/C(=C\c2ccccc2OCc2ccccc2)C(=O)N1CCc1ccccc1. The molecule has 1 aliphatic heterocycles. The highest BCUT2D eigenvalue weighted by molar-refractivity contribution is 8.18. The Kier molecular flexibility index (Phi) is 6.30. The molecular formula is C25H21NO3S. The molecule has 0 aromatic heterocycles. The largest absolute Gasteiger partial charge is 0.488 e. The smallest absolute Gasteiger partial charge is 0.293 e. The normalized spacial score (nSPS) is 15.1. The highest BCUT2D eigenvalue weighted by Crippen LogP contribution is 2.34. The topological polar surface area (TPSA) is 46.6 Å². The highest BCUT2D eigenvalue weighted by atomic mass is 32.2. The van der Waals surface area contributed by atoms with Gasteiger partial charge >= 0.3 is 0 Å². The number of rotatable bonds is 7. The van der Waals surface area contributed by atoms with E-state index in [2.05, 4.69) is 0 Å². The molecule has 5 heteroatoms. The predicted octanol–water partition coefficient (Wildman–Crippen LogP) is 5.54. The number of thioether (sulfide) groups is 1. The molecule has 1 heterocycles. The standard InChI is InChI=1S/C25H21NO3S/c27-24-23(30-25(28)26(24)16-15-19-9-3-1-4-10-19)17-21-13-7-8-14-22(21)29-18-20-11-5-2-6-12-20/h1-14,17H,15-16,18H2/b23-17-. The van der Waals surface area contributed by atoms with E-state index in [0.717, 1.165) is 28.5 Å². The third-order valence-corrected chi connectivity index (χ3v) is 5.69. The Labute approximate surface area is 180 Å². The molecule has 0 unspecified atom stereocenters. The molecule has 3 aromatic rings. The van der Waals surface area contributed by atoms with E-state index in [1.54, 1.807) is 6.08 Å². The summed E-state index contributed by atoms with van der Waals surface area (Å²) in [6.45, 7) is 0.808. The van der Waals surface area contributed by atoms with Crippen LogP contribution in [0.15, 0.2) is 89.8 Å². The summed E-state index contributed by atoms with van der Waals surface area (Å²) < 4.78 is 5.96. The maximum atomic E-state index is 12.8. The average molecular weight is 416 g/mol. The lowest BCUT2D eigenvalue weighted by molar-refractivity contribution is -0.122. The number of carbonyl (C=O) groups excluding carboxylic acids is 2. The molecule has 3 aromatic carbocycles. The van der Waals surface area contributed by atoms with Gasteiger partial charge in [0.1, 0.15) is 12.4 Å². The van der Waals surface area contributed by atoms with Gasteiger partial charge in [-0.25, -0.2) is 0 Å². The highest BCUT2D eigenvalue weighted by Gasteiger charge is 2.34. The van der Waals surface area contributed by atoms with Gasteiger partial charge in [-0.15, -0.1) is 0 Å². The van der Waals surface area contributed by atoms with Crippen LogP contribution in [0.4, 0.5) is 4.79 Å². The zero-order valence-corrected chi connectivity index (χ0v) is 17.2. The minimum atomic E-state index is -0.251. The van der Waals surface area contributed by atoms with Crippen LogP contribution in [-0.2, 0) is 17.8 Å². The monoisotopic (exact) mass is 415 g/mol. The number of amides is 2. The number of para-hydroxylation sites is 1. The predicted molar refractivity (Wildman–Crippen MR) is 120 cm³/mol. The van der Waals surface area contributed by atoms with E-state index >= 15 is 0 Å². The number of hydrogen-bond acceptors (Lipinski definition) is 4. The van der Waals surface area contributed by atoms with Crippen molar-refractivity contribution in [3.8, 4) is 5.75 Å². The quantitative estimate of drug-likeness (QED) is 0.475. The summed E-state index contributed by atoms with van der Waals surface area (Å²) in [6.07, 6.45) is 2.39. The molecule has 2 amide bonds. The van der Waals surface area contributed by atoms with Crippen LogP contribution >= 0.6 is 11.8 Å². The second-order valence-corrected chi connectivity index (χ2v) is 7.87. The fourth-order valence-electron chi connectivity index (χ4n) is 3.19. The Morgan fingerprint density at radius 3 is 2.17 bits per heavy atom. The van der Waals surface area contributed by atoms with Crippen molar-refractivity contribution >= 4 is 29.0 Å². The summed E-state index contributed by atoms with van der Waals surface area (Å²) in [5, 5.41) is -0.232. The Morgan fingerprint density at radius 2 is 1.43 bits per heavy atom. The molecule has 0 bridgehead atoms. The second kappa shape index (κ2) is 9.46. The number of benzene rings is 3. The van der Waals surface area contributed by atoms with Gasteiger partial charge in [0, 0.05) is 12.1 Å². The Hall–Kier alpha value is -3.31. The number of imide groups is 1. The number of carbonyl (C=O) groups is 2. The number of ether oxygens (including phenoxy) is 1. The van der Waals surface area contributed by atoms with E-state index in [4.69, 9.17) is 4.74 Å². The molecule has 150 valence electrons. The molecule has 4 nitrogen and oxygen atoms in total. The minimum absolute atomic E-state index is 0.232. The molecule has 0 spiro atoms. The van der Waals surface area contributed by atoms with E-state index < -0.39 is 0 Å². The Balaban J connectivity index is 1.47. The van der Waals surface area contributed by atoms with Crippen molar-refractivity contribution in [2.24, 2.45) is 0 Å². The first-order valence-electron chi connectivity index (χ1n) is 9.76. The van der Waals surface area contributed by atoms with Crippen LogP contribution in [-0.4, -0.2) is 22.6 Å². The number of nitrogens with zero attached hydrogens (tertiary/aromatic N) is 1. The van der Waals surface area contributed by atoms with Crippen molar-refractivity contribution in [3.63, 3.8) is 0 Å². The third-order valence-electron chi connectivity index (χ3n) is 4.78. The lowest BCUT2D eigenvalue weighted by Crippen LogP contribution is -2.30. The minimum Gasteiger partial charge on any atom is -0.488 e. The van der Waals surface area contributed by atoms with Gasteiger partial charge in [-0.3, -0.25) is 14.5 Å². The number of hydrogen-bond donors (Lipinski definition) is 0. The third kappa shape index (κ3) is 4.81. The van der Waals surface area contributed by atoms with Gasteiger partial charge in [0.2, 0.25) is 0 Å².